The number of hydrogen-bond donors (Lipinski definition) is 2. The van der Waals surface area contributed by atoms with E-state index in [1.54, 1.807) is 0 Å². The summed E-state index contributed by atoms with van der Waals surface area (Å²) in [4.78, 5) is 25.0. The molecule has 0 atom stereocenters. The van der Waals surface area contributed by atoms with E-state index in [2.05, 4.69) is 4.98 Å². The average molecular weight is 246 g/mol. The largest absolute Gasteiger partial charge is 0.494 e. The minimum absolute atomic E-state index is 0.362. The van der Waals surface area contributed by atoms with Crippen LogP contribution in [0.3, 0.4) is 0 Å². The normalized spacial score (nSPS) is 10.6. The zero-order valence-corrected chi connectivity index (χ0v) is 10.4. The maximum Gasteiger partial charge on any atom is 0.335 e. The maximum absolute atomic E-state index is 11.8. The molecule has 94 valence electrons. The SMILES string of the molecule is Cc1cc(C)c(-n2c(O)cc(=O)[nH]c2=O)c(C)c1. The number of nitrogens with zero attached hydrogens (tertiary/aromatic N) is 1. The summed E-state index contributed by atoms with van der Waals surface area (Å²) in [7, 11) is 0. The summed E-state index contributed by atoms with van der Waals surface area (Å²) < 4.78 is 1.10. The van der Waals surface area contributed by atoms with E-state index in [9.17, 15) is 14.7 Å². The van der Waals surface area contributed by atoms with Crippen LogP contribution in [0, 0.1) is 20.8 Å². The topological polar surface area (TPSA) is 75.1 Å². The van der Waals surface area contributed by atoms with E-state index in [4.69, 9.17) is 0 Å². The molecular weight excluding hydrogens is 232 g/mol. The quantitative estimate of drug-likeness (QED) is 0.792. The van der Waals surface area contributed by atoms with Gasteiger partial charge in [0.1, 0.15) is 0 Å². The van der Waals surface area contributed by atoms with Crippen molar-refractivity contribution in [2.45, 2.75) is 20.8 Å². The monoisotopic (exact) mass is 246 g/mol. The van der Waals surface area contributed by atoms with Crippen molar-refractivity contribution in [3.63, 3.8) is 0 Å². The smallest absolute Gasteiger partial charge is 0.335 e. The summed E-state index contributed by atoms with van der Waals surface area (Å²) in [6, 6.07) is 4.82. The lowest BCUT2D eigenvalue weighted by molar-refractivity contribution is 0.430. The van der Waals surface area contributed by atoms with Crippen LogP contribution in [-0.2, 0) is 0 Å². The van der Waals surface area contributed by atoms with Gasteiger partial charge in [-0.3, -0.25) is 9.78 Å². The second-order valence-corrected chi connectivity index (χ2v) is 4.38. The number of hydrogen-bond acceptors (Lipinski definition) is 3. The molecule has 18 heavy (non-hydrogen) atoms. The molecule has 0 saturated heterocycles. The maximum atomic E-state index is 11.8. The van der Waals surface area contributed by atoms with Gasteiger partial charge in [0, 0.05) is 0 Å². The molecule has 0 radical (unpaired) electrons. The van der Waals surface area contributed by atoms with E-state index in [0.29, 0.717) is 5.69 Å². The Morgan fingerprint density at radius 1 is 1.06 bits per heavy atom. The van der Waals surface area contributed by atoms with Gasteiger partial charge in [-0.15, -0.1) is 0 Å². The summed E-state index contributed by atoms with van der Waals surface area (Å²) in [6.07, 6.45) is 0. The van der Waals surface area contributed by atoms with E-state index in [1.165, 1.54) is 0 Å². The predicted octanol–water partition coefficient (Wildman–Crippen LogP) is 1.16. The van der Waals surface area contributed by atoms with E-state index in [0.717, 1.165) is 27.3 Å². The molecule has 5 nitrogen and oxygen atoms in total. The molecule has 0 fully saturated rings. The lowest BCUT2D eigenvalue weighted by Crippen LogP contribution is -2.28. The molecular formula is C13H14N2O3. The molecule has 1 aromatic heterocycles. The van der Waals surface area contributed by atoms with Gasteiger partial charge in [0.2, 0.25) is 5.88 Å². The van der Waals surface area contributed by atoms with Crippen LogP contribution < -0.4 is 11.2 Å². The van der Waals surface area contributed by atoms with Crippen LogP contribution in [0.2, 0.25) is 0 Å². The Kier molecular flexibility index (Phi) is 2.82. The van der Waals surface area contributed by atoms with Crippen molar-refractivity contribution in [3.8, 4) is 11.6 Å². The first kappa shape index (κ1) is 12.2. The summed E-state index contributed by atoms with van der Waals surface area (Å²) >= 11 is 0. The van der Waals surface area contributed by atoms with Gasteiger partial charge in [-0.2, -0.15) is 0 Å². The molecule has 1 heterocycles. The van der Waals surface area contributed by atoms with Crippen molar-refractivity contribution in [2.75, 3.05) is 0 Å². The van der Waals surface area contributed by atoms with Crippen LogP contribution in [0.5, 0.6) is 5.88 Å². The van der Waals surface area contributed by atoms with Crippen LogP contribution in [-0.4, -0.2) is 14.7 Å². The Hall–Kier alpha value is -2.30. The molecule has 1 aromatic carbocycles. The number of benzene rings is 1. The van der Waals surface area contributed by atoms with E-state index in [1.807, 2.05) is 32.9 Å². The number of aromatic hydroxyl groups is 1. The molecule has 0 aliphatic heterocycles. The van der Waals surface area contributed by atoms with E-state index in [-0.39, 0.29) is 5.88 Å². The molecule has 0 amide bonds. The van der Waals surface area contributed by atoms with Gasteiger partial charge in [0.15, 0.2) is 0 Å². The Balaban J connectivity index is 2.86. The zero-order chi connectivity index (χ0) is 13.4. The first-order valence-electron chi connectivity index (χ1n) is 5.53. The number of H-pyrrole nitrogens is 1. The van der Waals surface area contributed by atoms with E-state index < -0.39 is 11.2 Å². The summed E-state index contributed by atoms with van der Waals surface area (Å²) in [5.74, 6) is -0.362. The van der Waals surface area contributed by atoms with Crippen LogP contribution in [0.1, 0.15) is 16.7 Å². The standard InChI is InChI=1S/C13H14N2O3/c1-7-4-8(2)12(9(3)5-7)15-11(17)6-10(16)14-13(15)18/h4-6,17H,1-3H3,(H,14,16,18). The fraction of sp³-hybridized carbons (Fsp3) is 0.231. The van der Waals surface area contributed by atoms with Gasteiger partial charge < -0.3 is 5.11 Å². The Bertz CT molecular complexity index is 703. The highest BCUT2D eigenvalue weighted by atomic mass is 16.3. The molecule has 0 spiro atoms. The molecule has 2 aromatic rings. The highest BCUT2D eigenvalue weighted by molar-refractivity contribution is 5.50. The number of aryl methyl sites for hydroxylation is 3. The van der Waals surface area contributed by atoms with Crippen LogP contribution in [0.15, 0.2) is 27.8 Å². The lowest BCUT2D eigenvalue weighted by atomic mass is 10.0. The lowest BCUT2D eigenvalue weighted by Gasteiger charge is -2.14. The Morgan fingerprint density at radius 3 is 2.11 bits per heavy atom. The molecule has 5 heteroatoms. The average Bonchev–Trinajstić information content (AvgIpc) is 2.20. The van der Waals surface area contributed by atoms with E-state index >= 15 is 0 Å². The zero-order valence-electron chi connectivity index (χ0n) is 10.4. The fourth-order valence-electron chi connectivity index (χ4n) is 2.22. The van der Waals surface area contributed by atoms with Crippen LogP contribution >= 0.6 is 0 Å². The predicted molar refractivity (Wildman–Crippen MR) is 68.5 cm³/mol. The van der Waals surface area contributed by atoms with Crippen molar-refractivity contribution in [2.24, 2.45) is 0 Å². The second-order valence-electron chi connectivity index (χ2n) is 4.38. The summed E-state index contributed by atoms with van der Waals surface area (Å²) in [5.41, 5.74) is 2.13. The Morgan fingerprint density at radius 2 is 1.61 bits per heavy atom. The number of nitrogens with one attached hydrogen (secondary N) is 1. The molecule has 0 saturated carbocycles. The summed E-state index contributed by atoms with van der Waals surface area (Å²) in [6.45, 7) is 5.66. The van der Waals surface area contributed by atoms with Gasteiger partial charge in [0.05, 0.1) is 11.8 Å². The molecule has 0 unspecified atom stereocenters. The van der Waals surface area contributed by atoms with Crippen molar-refractivity contribution in [1.82, 2.24) is 9.55 Å². The second kappa shape index (κ2) is 4.18. The molecule has 0 aliphatic rings. The first-order valence-corrected chi connectivity index (χ1v) is 5.53. The third-order valence-electron chi connectivity index (χ3n) is 2.78. The number of aromatic nitrogens is 2. The van der Waals surface area contributed by atoms with Crippen molar-refractivity contribution in [1.29, 1.82) is 0 Å². The van der Waals surface area contributed by atoms with Gasteiger partial charge in [0.25, 0.3) is 5.56 Å². The number of rotatable bonds is 1. The third-order valence-corrected chi connectivity index (χ3v) is 2.78. The van der Waals surface area contributed by atoms with Crippen molar-refractivity contribution < 1.29 is 5.11 Å². The summed E-state index contributed by atoms with van der Waals surface area (Å²) in [5, 5.41) is 9.79. The highest BCUT2D eigenvalue weighted by Gasteiger charge is 2.12. The first-order chi connectivity index (χ1) is 8.40. The third kappa shape index (κ3) is 1.95. The molecule has 0 aliphatic carbocycles. The minimum Gasteiger partial charge on any atom is -0.494 e. The number of aromatic amines is 1. The van der Waals surface area contributed by atoms with Crippen LogP contribution in [0.4, 0.5) is 0 Å². The van der Waals surface area contributed by atoms with Gasteiger partial charge in [-0.25, -0.2) is 9.36 Å². The minimum atomic E-state index is -0.643. The van der Waals surface area contributed by atoms with Gasteiger partial charge in [-0.05, 0) is 31.9 Å². The molecule has 0 bridgehead atoms. The van der Waals surface area contributed by atoms with Crippen molar-refractivity contribution >= 4 is 0 Å². The Labute approximate surface area is 103 Å². The van der Waals surface area contributed by atoms with Crippen LogP contribution in [0.25, 0.3) is 5.69 Å². The molecule has 2 N–H and O–H groups in total. The highest BCUT2D eigenvalue weighted by Crippen LogP contribution is 2.22. The van der Waals surface area contributed by atoms with Crippen molar-refractivity contribution in [3.05, 3.63) is 55.7 Å². The van der Waals surface area contributed by atoms with Gasteiger partial charge >= 0.3 is 5.69 Å². The fourth-order valence-corrected chi connectivity index (χ4v) is 2.22. The molecule has 2 rings (SSSR count). The van der Waals surface area contributed by atoms with Gasteiger partial charge in [-0.1, -0.05) is 17.7 Å².